The Balaban J connectivity index is 0.00000132. The fourth-order valence-electron chi connectivity index (χ4n) is 2.17. The number of rotatable bonds is 3. The highest BCUT2D eigenvalue weighted by atomic mass is 35.5. The maximum Gasteiger partial charge on any atom is 0.135 e. The number of hydrogen-bond acceptors (Lipinski definition) is 4. The summed E-state index contributed by atoms with van der Waals surface area (Å²) in [7, 11) is 0. The molecule has 0 atom stereocenters. The number of nitrogens with one attached hydrogen (secondary N) is 1. The average molecular weight is 351 g/mol. The molecular formula is C16H16Cl2N4O. The molecule has 5 N–H and O–H groups in total. The molecule has 0 spiro atoms. The van der Waals surface area contributed by atoms with E-state index in [0.29, 0.717) is 5.56 Å². The van der Waals surface area contributed by atoms with Crippen molar-refractivity contribution in [2.45, 2.75) is 0 Å². The van der Waals surface area contributed by atoms with Crippen molar-refractivity contribution in [3.63, 3.8) is 0 Å². The molecule has 1 aromatic heterocycles. The zero-order valence-corrected chi connectivity index (χ0v) is 13.7. The zero-order chi connectivity index (χ0) is 14.8. The van der Waals surface area contributed by atoms with E-state index in [-0.39, 0.29) is 30.6 Å². The maximum absolute atomic E-state index is 7.47. The molecule has 3 rings (SSSR count). The van der Waals surface area contributed by atoms with Gasteiger partial charge in [-0.05, 0) is 29.8 Å². The largest absolute Gasteiger partial charge is 0.456 e. The molecule has 120 valence electrons. The van der Waals surface area contributed by atoms with Crippen LogP contribution in [0.2, 0.25) is 0 Å². The van der Waals surface area contributed by atoms with E-state index in [0.717, 1.165) is 27.9 Å². The van der Waals surface area contributed by atoms with E-state index < -0.39 is 0 Å². The summed E-state index contributed by atoms with van der Waals surface area (Å²) in [6, 6.07) is 15.1. The molecule has 0 aliphatic carbocycles. The highest BCUT2D eigenvalue weighted by Gasteiger charge is 2.07. The third-order valence-corrected chi connectivity index (χ3v) is 3.25. The lowest BCUT2D eigenvalue weighted by Crippen LogP contribution is -2.10. The van der Waals surface area contributed by atoms with Gasteiger partial charge in [-0.2, -0.15) is 5.10 Å². The van der Waals surface area contributed by atoms with Crippen molar-refractivity contribution in [2.75, 3.05) is 0 Å². The monoisotopic (exact) mass is 350 g/mol. The lowest BCUT2D eigenvalue weighted by Gasteiger charge is -1.97. The second-order valence-electron chi connectivity index (χ2n) is 4.68. The number of nitrogens with zero attached hydrogens (tertiary/aromatic N) is 1. The van der Waals surface area contributed by atoms with Gasteiger partial charge in [0.2, 0.25) is 0 Å². The minimum absolute atomic E-state index is 0. The number of nitrogens with two attached hydrogens (primary N) is 2. The van der Waals surface area contributed by atoms with Crippen LogP contribution in [0.4, 0.5) is 0 Å². The van der Waals surface area contributed by atoms with Crippen LogP contribution < -0.4 is 11.6 Å². The molecule has 23 heavy (non-hydrogen) atoms. The van der Waals surface area contributed by atoms with Crippen molar-refractivity contribution in [3.8, 4) is 11.3 Å². The first-order valence-corrected chi connectivity index (χ1v) is 6.39. The Morgan fingerprint density at radius 2 is 1.74 bits per heavy atom. The number of furan rings is 1. The lowest BCUT2D eigenvalue weighted by atomic mass is 10.1. The number of amidine groups is 1. The van der Waals surface area contributed by atoms with Crippen molar-refractivity contribution in [3.05, 3.63) is 59.7 Å². The molecule has 0 aliphatic heterocycles. The standard InChI is InChI=1S/C16H14N4O.2ClH/c17-16(18)12-5-6-14-13(7-12)8-15(21-14)11-3-1-10(2-4-11)9-20-19;;/h1-9H,19H2,(H3,17,18);2*1H. The van der Waals surface area contributed by atoms with Crippen molar-refractivity contribution in [2.24, 2.45) is 16.7 Å². The van der Waals surface area contributed by atoms with Crippen LogP contribution in [0.1, 0.15) is 11.1 Å². The second kappa shape index (κ2) is 7.67. The Kier molecular flexibility index (Phi) is 6.18. The van der Waals surface area contributed by atoms with E-state index in [1.165, 1.54) is 0 Å². The van der Waals surface area contributed by atoms with E-state index in [2.05, 4.69) is 5.10 Å². The Labute approximate surface area is 145 Å². The summed E-state index contributed by atoms with van der Waals surface area (Å²) in [5.41, 5.74) is 8.84. The highest BCUT2D eigenvalue weighted by Crippen LogP contribution is 2.28. The Morgan fingerprint density at radius 3 is 2.35 bits per heavy atom. The molecule has 7 heteroatoms. The first kappa shape index (κ1) is 18.5. The number of hydrazone groups is 1. The third kappa shape index (κ3) is 3.83. The molecule has 0 unspecified atom stereocenters. The highest BCUT2D eigenvalue weighted by molar-refractivity contribution is 5.99. The van der Waals surface area contributed by atoms with Crippen molar-refractivity contribution in [1.82, 2.24) is 0 Å². The van der Waals surface area contributed by atoms with E-state index in [1.54, 1.807) is 12.3 Å². The summed E-state index contributed by atoms with van der Waals surface area (Å²) in [5, 5.41) is 11.9. The minimum Gasteiger partial charge on any atom is -0.456 e. The zero-order valence-electron chi connectivity index (χ0n) is 12.0. The minimum atomic E-state index is 0. The van der Waals surface area contributed by atoms with Gasteiger partial charge in [0, 0.05) is 16.5 Å². The van der Waals surface area contributed by atoms with Crippen molar-refractivity contribution < 1.29 is 4.42 Å². The fraction of sp³-hybridized carbons (Fsp3) is 0. The van der Waals surface area contributed by atoms with Crippen molar-refractivity contribution >= 4 is 47.8 Å². The molecule has 0 fully saturated rings. The van der Waals surface area contributed by atoms with Gasteiger partial charge >= 0.3 is 0 Å². The summed E-state index contributed by atoms with van der Waals surface area (Å²) in [4.78, 5) is 0. The van der Waals surface area contributed by atoms with Gasteiger partial charge in [-0.3, -0.25) is 5.41 Å². The molecule has 0 amide bonds. The van der Waals surface area contributed by atoms with Crippen LogP contribution in [-0.4, -0.2) is 12.1 Å². The first-order valence-electron chi connectivity index (χ1n) is 6.39. The van der Waals surface area contributed by atoms with E-state index >= 15 is 0 Å². The third-order valence-electron chi connectivity index (χ3n) is 3.25. The van der Waals surface area contributed by atoms with Crippen LogP contribution in [-0.2, 0) is 0 Å². The SMILES string of the molecule is Cl.Cl.N=C(N)c1ccc2oc(-c3ccc(C=NN)cc3)cc2c1. The second-order valence-corrected chi connectivity index (χ2v) is 4.68. The lowest BCUT2D eigenvalue weighted by molar-refractivity contribution is 0.631. The predicted octanol–water partition coefficient (Wildman–Crippen LogP) is 3.52. The van der Waals surface area contributed by atoms with Crippen LogP contribution >= 0.6 is 24.8 Å². The number of benzene rings is 2. The molecule has 3 aromatic rings. The maximum atomic E-state index is 7.47. The average Bonchev–Trinajstić information content (AvgIpc) is 2.91. The smallest absolute Gasteiger partial charge is 0.135 e. The number of hydrogen-bond donors (Lipinski definition) is 3. The summed E-state index contributed by atoms with van der Waals surface area (Å²) in [5.74, 6) is 5.93. The number of nitrogen functional groups attached to an aromatic ring is 1. The van der Waals surface area contributed by atoms with Crippen LogP contribution in [0.5, 0.6) is 0 Å². The molecule has 1 heterocycles. The molecule has 0 radical (unpaired) electrons. The van der Waals surface area contributed by atoms with Gasteiger partial charge in [0.25, 0.3) is 0 Å². The quantitative estimate of drug-likeness (QED) is 0.291. The normalized spacial score (nSPS) is 10.3. The van der Waals surface area contributed by atoms with E-state index in [9.17, 15) is 0 Å². The van der Waals surface area contributed by atoms with Crippen LogP contribution in [0.15, 0.2) is 58.0 Å². The predicted molar refractivity (Wildman–Crippen MR) is 98.9 cm³/mol. The fourth-order valence-corrected chi connectivity index (χ4v) is 2.17. The summed E-state index contributed by atoms with van der Waals surface area (Å²) in [6.07, 6.45) is 1.58. The van der Waals surface area contributed by atoms with Gasteiger partial charge in [0.15, 0.2) is 0 Å². The van der Waals surface area contributed by atoms with E-state index in [4.69, 9.17) is 21.4 Å². The first-order chi connectivity index (χ1) is 10.2. The molecule has 5 nitrogen and oxygen atoms in total. The van der Waals surface area contributed by atoms with Gasteiger partial charge < -0.3 is 16.0 Å². The molecular weight excluding hydrogens is 335 g/mol. The molecule has 2 aromatic carbocycles. The van der Waals surface area contributed by atoms with Gasteiger partial charge in [0.05, 0.1) is 6.21 Å². The van der Waals surface area contributed by atoms with Gasteiger partial charge in [-0.25, -0.2) is 0 Å². The van der Waals surface area contributed by atoms with Crippen molar-refractivity contribution in [1.29, 1.82) is 5.41 Å². The van der Waals surface area contributed by atoms with Crippen LogP contribution in [0, 0.1) is 5.41 Å². The topological polar surface area (TPSA) is 101 Å². The Bertz CT molecular complexity index is 841. The van der Waals surface area contributed by atoms with Crippen LogP contribution in [0.3, 0.4) is 0 Å². The molecule has 0 bridgehead atoms. The van der Waals surface area contributed by atoms with Crippen LogP contribution in [0.25, 0.3) is 22.3 Å². The Morgan fingerprint density at radius 1 is 1.04 bits per heavy atom. The number of halogens is 2. The Hall–Kier alpha value is -2.50. The molecule has 0 saturated heterocycles. The summed E-state index contributed by atoms with van der Waals surface area (Å²) >= 11 is 0. The summed E-state index contributed by atoms with van der Waals surface area (Å²) in [6.45, 7) is 0. The van der Waals surface area contributed by atoms with E-state index in [1.807, 2.05) is 42.5 Å². The molecule has 0 aliphatic rings. The molecule has 0 saturated carbocycles. The van der Waals surface area contributed by atoms with Gasteiger partial charge in [-0.15, -0.1) is 24.8 Å². The van der Waals surface area contributed by atoms with Gasteiger partial charge in [0.1, 0.15) is 17.2 Å². The number of fused-ring (bicyclic) bond motifs is 1. The summed E-state index contributed by atoms with van der Waals surface area (Å²) < 4.78 is 5.82. The van der Waals surface area contributed by atoms with Gasteiger partial charge in [-0.1, -0.05) is 24.3 Å².